The summed E-state index contributed by atoms with van der Waals surface area (Å²) in [5.41, 5.74) is 9.84. The number of fused-ring (bicyclic) bond motifs is 2. The summed E-state index contributed by atoms with van der Waals surface area (Å²) in [5.74, 6) is -0.390. The molecule has 39 heavy (non-hydrogen) atoms. The summed E-state index contributed by atoms with van der Waals surface area (Å²) in [6.45, 7) is 1.27. The Bertz CT molecular complexity index is 1700. The largest absolute Gasteiger partial charge is 0.446 e. The van der Waals surface area contributed by atoms with E-state index in [1.54, 1.807) is 16.9 Å². The van der Waals surface area contributed by atoms with Gasteiger partial charge in [0.25, 0.3) is 5.91 Å². The highest BCUT2D eigenvalue weighted by molar-refractivity contribution is 6.07. The smallest absolute Gasteiger partial charge is 0.404 e. The van der Waals surface area contributed by atoms with Gasteiger partial charge >= 0.3 is 6.09 Å². The number of halogens is 1. The third-order valence-corrected chi connectivity index (χ3v) is 7.36. The first kappa shape index (κ1) is 24.4. The number of benzene rings is 2. The van der Waals surface area contributed by atoms with E-state index in [4.69, 9.17) is 15.5 Å². The molecule has 2 aliphatic rings. The second-order valence-electron chi connectivity index (χ2n) is 9.67. The molecule has 0 spiro atoms. The van der Waals surface area contributed by atoms with Gasteiger partial charge in [0.1, 0.15) is 23.8 Å². The van der Waals surface area contributed by atoms with E-state index in [2.05, 4.69) is 10.4 Å². The number of rotatable bonds is 4. The zero-order valence-electron chi connectivity index (χ0n) is 21.1. The third-order valence-electron chi connectivity index (χ3n) is 7.36. The summed E-state index contributed by atoms with van der Waals surface area (Å²) in [6, 6.07) is 12.2. The van der Waals surface area contributed by atoms with Crippen LogP contribution in [0.1, 0.15) is 34.3 Å². The third kappa shape index (κ3) is 4.20. The Labute approximate surface area is 222 Å². The summed E-state index contributed by atoms with van der Waals surface area (Å²) >= 11 is 0. The maximum atomic E-state index is 14.8. The Morgan fingerprint density at radius 3 is 2.67 bits per heavy atom. The van der Waals surface area contributed by atoms with Gasteiger partial charge < -0.3 is 20.7 Å². The van der Waals surface area contributed by atoms with Crippen molar-refractivity contribution >= 4 is 28.7 Å². The second kappa shape index (κ2) is 9.40. The van der Waals surface area contributed by atoms with Crippen molar-refractivity contribution in [3.8, 4) is 28.5 Å². The number of hydrogen-bond acceptors (Lipinski definition) is 7. The lowest BCUT2D eigenvalue weighted by atomic mass is 9.91. The number of piperidine rings is 1. The van der Waals surface area contributed by atoms with Crippen molar-refractivity contribution < 1.29 is 18.7 Å². The number of hydrogen-bond donors (Lipinski definition) is 2. The van der Waals surface area contributed by atoms with E-state index in [1.807, 2.05) is 36.2 Å². The van der Waals surface area contributed by atoms with Crippen molar-refractivity contribution in [1.29, 1.82) is 5.26 Å². The van der Waals surface area contributed by atoms with Crippen LogP contribution in [0, 0.1) is 17.1 Å². The molecule has 11 heteroatoms. The van der Waals surface area contributed by atoms with E-state index >= 15 is 0 Å². The molecule has 0 bridgehead atoms. The first-order chi connectivity index (χ1) is 18.8. The Kier molecular flexibility index (Phi) is 5.87. The average molecular weight is 526 g/mol. The number of pyridine rings is 1. The molecule has 2 aromatic carbocycles. The number of ether oxygens (including phenoxy) is 1. The summed E-state index contributed by atoms with van der Waals surface area (Å²) in [7, 11) is 1.86. The lowest BCUT2D eigenvalue weighted by Crippen LogP contribution is -2.40. The SMILES string of the molecule is Cn1ncc2cc(-c3c(-c4ccc(C#N)c(F)c4)nc(N4CCC(OC(N)=O)CC4)c4c3CNC4=O)ccc21. The van der Waals surface area contributed by atoms with Gasteiger partial charge in [0.2, 0.25) is 0 Å². The number of carbonyl (C=O) groups is 2. The van der Waals surface area contributed by atoms with Crippen LogP contribution in [0.3, 0.4) is 0 Å². The van der Waals surface area contributed by atoms with E-state index < -0.39 is 11.9 Å². The van der Waals surface area contributed by atoms with Crippen LogP contribution in [0.25, 0.3) is 33.3 Å². The fourth-order valence-corrected chi connectivity index (χ4v) is 5.46. The van der Waals surface area contributed by atoms with E-state index in [9.17, 15) is 19.2 Å². The van der Waals surface area contributed by atoms with Gasteiger partial charge in [-0.15, -0.1) is 0 Å². The van der Waals surface area contributed by atoms with Crippen LogP contribution in [-0.4, -0.2) is 46.0 Å². The molecule has 0 unspecified atom stereocenters. The molecule has 0 aliphatic carbocycles. The number of aryl methyl sites for hydroxylation is 1. The predicted molar refractivity (Wildman–Crippen MR) is 141 cm³/mol. The number of anilines is 1. The number of nitrogens with zero attached hydrogens (tertiary/aromatic N) is 5. The van der Waals surface area contributed by atoms with Gasteiger partial charge in [0.05, 0.1) is 28.5 Å². The number of primary amides is 1. The van der Waals surface area contributed by atoms with Crippen LogP contribution in [0.4, 0.5) is 15.0 Å². The van der Waals surface area contributed by atoms with Crippen LogP contribution in [0.15, 0.2) is 42.6 Å². The van der Waals surface area contributed by atoms with Crippen LogP contribution in [-0.2, 0) is 18.3 Å². The second-order valence-corrected chi connectivity index (χ2v) is 9.67. The number of carbonyl (C=O) groups excluding carboxylic acids is 2. The number of aromatic nitrogens is 3. The van der Waals surface area contributed by atoms with Crippen molar-refractivity contribution in [2.75, 3.05) is 18.0 Å². The quantitative estimate of drug-likeness (QED) is 0.415. The first-order valence-corrected chi connectivity index (χ1v) is 12.5. The molecule has 2 aromatic heterocycles. The Morgan fingerprint density at radius 1 is 1.18 bits per heavy atom. The molecular formula is C28H24FN7O3. The zero-order valence-corrected chi connectivity index (χ0v) is 21.1. The summed E-state index contributed by atoms with van der Waals surface area (Å²) in [4.78, 5) is 31.3. The first-order valence-electron chi connectivity index (χ1n) is 12.5. The number of nitriles is 1. The van der Waals surface area contributed by atoms with Crippen molar-refractivity contribution in [1.82, 2.24) is 20.1 Å². The fraction of sp³-hybridized carbons (Fsp3) is 0.250. The van der Waals surface area contributed by atoms with Crippen LogP contribution in [0.2, 0.25) is 0 Å². The molecule has 0 atom stereocenters. The predicted octanol–water partition coefficient (Wildman–Crippen LogP) is 3.62. The highest BCUT2D eigenvalue weighted by atomic mass is 19.1. The monoisotopic (exact) mass is 525 g/mol. The number of nitrogens with one attached hydrogen (secondary N) is 1. The molecule has 10 nitrogen and oxygen atoms in total. The summed E-state index contributed by atoms with van der Waals surface area (Å²) in [6.07, 6.45) is 1.71. The van der Waals surface area contributed by atoms with E-state index in [1.165, 1.54) is 12.1 Å². The highest BCUT2D eigenvalue weighted by Crippen LogP contribution is 2.42. The topological polar surface area (TPSA) is 139 Å². The van der Waals surface area contributed by atoms with Gasteiger partial charge in [-0.1, -0.05) is 12.1 Å². The Balaban J connectivity index is 1.55. The minimum Gasteiger partial charge on any atom is -0.446 e. The lowest BCUT2D eigenvalue weighted by molar-refractivity contribution is 0.0911. The van der Waals surface area contributed by atoms with Crippen LogP contribution < -0.4 is 16.0 Å². The van der Waals surface area contributed by atoms with Crippen LogP contribution in [0.5, 0.6) is 0 Å². The van der Waals surface area contributed by atoms with Gasteiger partial charge in [-0.2, -0.15) is 10.4 Å². The maximum Gasteiger partial charge on any atom is 0.404 e. The molecule has 4 heterocycles. The normalized spacial score (nSPS) is 15.2. The molecule has 0 saturated carbocycles. The van der Waals surface area contributed by atoms with Crippen molar-refractivity contribution in [3.63, 3.8) is 0 Å². The fourth-order valence-electron chi connectivity index (χ4n) is 5.46. The van der Waals surface area contributed by atoms with Gasteiger partial charge in [0, 0.05) is 56.0 Å². The van der Waals surface area contributed by atoms with E-state index in [0.29, 0.717) is 54.1 Å². The molecule has 2 amide bonds. The molecule has 1 saturated heterocycles. The lowest BCUT2D eigenvalue weighted by Gasteiger charge is -2.33. The van der Waals surface area contributed by atoms with E-state index in [-0.39, 0.29) is 24.1 Å². The number of nitrogens with two attached hydrogens (primary N) is 1. The van der Waals surface area contributed by atoms with Crippen molar-refractivity contribution in [2.24, 2.45) is 12.8 Å². The molecule has 3 N–H and O–H groups in total. The van der Waals surface area contributed by atoms with E-state index in [0.717, 1.165) is 22.0 Å². The van der Waals surface area contributed by atoms with Gasteiger partial charge in [-0.25, -0.2) is 14.2 Å². The molecule has 0 radical (unpaired) electrons. The molecule has 4 aromatic rings. The highest BCUT2D eigenvalue weighted by Gasteiger charge is 2.34. The minimum absolute atomic E-state index is 0.0631. The maximum absolute atomic E-state index is 14.8. The molecule has 196 valence electrons. The summed E-state index contributed by atoms with van der Waals surface area (Å²) < 4.78 is 21.8. The van der Waals surface area contributed by atoms with Crippen molar-refractivity contribution in [2.45, 2.75) is 25.5 Å². The number of amides is 2. The minimum atomic E-state index is -0.813. The Morgan fingerprint density at radius 2 is 1.95 bits per heavy atom. The van der Waals surface area contributed by atoms with Gasteiger partial charge in [-0.05, 0) is 35.4 Å². The molecular weight excluding hydrogens is 501 g/mol. The average Bonchev–Trinajstić information content (AvgIpc) is 3.50. The standard InChI is InChI=1S/C28H24FN7O3/c1-35-22-5-4-15(10-18(22)13-33-35)23-20-14-32-27(37)24(20)26(36-8-6-19(7-9-36)39-28(31)38)34-25(23)16-2-3-17(12-30)21(29)11-16/h2-5,10-11,13,19H,6-9,14H2,1H3,(H2,31,38)(H,32,37). The van der Waals surface area contributed by atoms with Crippen molar-refractivity contribution in [3.05, 3.63) is 65.1 Å². The summed E-state index contributed by atoms with van der Waals surface area (Å²) in [5, 5.41) is 17.4. The molecule has 1 fully saturated rings. The molecule has 6 rings (SSSR count). The molecule has 2 aliphatic heterocycles. The van der Waals surface area contributed by atoms with Gasteiger partial charge in [-0.3, -0.25) is 9.48 Å². The van der Waals surface area contributed by atoms with Crippen LogP contribution >= 0.6 is 0 Å². The van der Waals surface area contributed by atoms with Gasteiger partial charge in [0.15, 0.2) is 0 Å². The Hall–Kier alpha value is -4.98. The zero-order chi connectivity index (χ0) is 27.3.